The number of aromatic nitrogens is 4. The Bertz CT molecular complexity index is 786. The summed E-state index contributed by atoms with van der Waals surface area (Å²) in [5.41, 5.74) is -0.619. The van der Waals surface area contributed by atoms with E-state index in [0.29, 0.717) is 32.1 Å². The molecule has 0 saturated carbocycles. The second-order valence-corrected chi connectivity index (χ2v) is 5.91. The third-order valence-electron chi connectivity index (χ3n) is 3.95. The first-order chi connectivity index (χ1) is 11.5. The van der Waals surface area contributed by atoms with E-state index in [1.54, 1.807) is 18.7 Å². The van der Waals surface area contributed by atoms with Gasteiger partial charge in [-0.2, -0.15) is 4.39 Å². The molecule has 128 valence electrons. The van der Waals surface area contributed by atoms with Gasteiger partial charge in [-0.3, -0.25) is 9.78 Å². The Morgan fingerprint density at radius 3 is 2.46 bits per heavy atom. The molecule has 0 aliphatic carbocycles. The third-order valence-corrected chi connectivity index (χ3v) is 3.95. The number of anilines is 2. The molecule has 0 amide bonds. The zero-order valence-electron chi connectivity index (χ0n) is 13.5. The molecule has 24 heavy (non-hydrogen) atoms. The lowest BCUT2D eigenvalue weighted by atomic mass is 10.1. The highest BCUT2D eigenvalue weighted by atomic mass is 19.1. The van der Waals surface area contributed by atoms with Gasteiger partial charge in [-0.1, -0.05) is 13.8 Å². The molecule has 0 radical (unpaired) electrons. The number of piperazine rings is 1. The molecule has 1 aliphatic heterocycles. The largest absolute Gasteiger partial charge is 0.351 e. The fourth-order valence-corrected chi connectivity index (χ4v) is 2.67. The third kappa shape index (κ3) is 3.06. The van der Waals surface area contributed by atoms with Gasteiger partial charge in [-0.25, -0.2) is 19.3 Å². The SMILES string of the molecule is CC(C)c1nc(N2CCN(c3ncncc3F)CC2)[nH]c(=O)c1F. The van der Waals surface area contributed by atoms with Crippen molar-refractivity contribution in [2.45, 2.75) is 19.8 Å². The van der Waals surface area contributed by atoms with Gasteiger partial charge in [0.25, 0.3) is 5.56 Å². The number of aromatic amines is 1. The van der Waals surface area contributed by atoms with Crippen LogP contribution in [0, 0.1) is 11.6 Å². The number of rotatable bonds is 3. The number of hydrogen-bond acceptors (Lipinski definition) is 6. The summed E-state index contributed by atoms with van der Waals surface area (Å²) in [6, 6.07) is 0. The molecule has 3 heterocycles. The van der Waals surface area contributed by atoms with Crippen molar-refractivity contribution in [3.05, 3.63) is 40.2 Å². The second kappa shape index (κ2) is 6.50. The molecule has 0 unspecified atom stereocenters. The first-order valence-corrected chi connectivity index (χ1v) is 7.72. The number of H-pyrrole nitrogens is 1. The Morgan fingerprint density at radius 2 is 1.83 bits per heavy atom. The molecule has 0 bridgehead atoms. The van der Waals surface area contributed by atoms with E-state index in [-0.39, 0.29) is 17.4 Å². The van der Waals surface area contributed by atoms with Crippen molar-refractivity contribution < 1.29 is 8.78 Å². The van der Waals surface area contributed by atoms with Gasteiger partial charge >= 0.3 is 0 Å². The van der Waals surface area contributed by atoms with Crippen LogP contribution in [0.25, 0.3) is 0 Å². The van der Waals surface area contributed by atoms with Gasteiger partial charge in [-0.15, -0.1) is 0 Å². The van der Waals surface area contributed by atoms with Crippen molar-refractivity contribution >= 4 is 11.8 Å². The predicted octanol–water partition coefficient (Wildman–Crippen LogP) is 1.29. The summed E-state index contributed by atoms with van der Waals surface area (Å²) in [5.74, 6) is -0.903. The van der Waals surface area contributed by atoms with Crippen LogP contribution >= 0.6 is 0 Å². The van der Waals surface area contributed by atoms with Crippen LogP contribution in [0.15, 0.2) is 17.3 Å². The molecule has 1 fully saturated rings. The van der Waals surface area contributed by atoms with Gasteiger partial charge in [-0.05, 0) is 5.92 Å². The maximum atomic E-state index is 13.8. The highest BCUT2D eigenvalue weighted by molar-refractivity contribution is 5.42. The number of nitrogens with one attached hydrogen (secondary N) is 1. The van der Waals surface area contributed by atoms with E-state index in [4.69, 9.17) is 0 Å². The van der Waals surface area contributed by atoms with E-state index in [1.165, 1.54) is 6.33 Å². The second-order valence-electron chi connectivity index (χ2n) is 5.91. The minimum absolute atomic E-state index is 0.151. The quantitative estimate of drug-likeness (QED) is 0.910. The molecular formula is C15H18F2N6O. The maximum absolute atomic E-state index is 13.8. The Morgan fingerprint density at radius 1 is 1.17 bits per heavy atom. The van der Waals surface area contributed by atoms with Crippen molar-refractivity contribution in [1.82, 2.24) is 19.9 Å². The van der Waals surface area contributed by atoms with Crippen molar-refractivity contribution in [3.8, 4) is 0 Å². The van der Waals surface area contributed by atoms with E-state index in [2.05, 4.69) is 19.9 Å². The molecule has 1 saturated heterocycles. The first kappa shape index (κ1) is 16.3. The summed E-state index contributed by atoms with van der Waals surface area (Å²) in [6.07, 6.45) is 2.43. The highest BCUT2D eigenvalue weighted by Gasteiger charge is 2.23. The predicted molar refractivity (Wildman–Crippen MR) is 85.3 cm³/mol. The minimum atomic E-state index is -0.838. The Labute approximate surface area is 137 Å². The standard InChI is InChI=1S/C15H18F2N6O/c1-9(2)12-11(17)14(24)21-15(20-12)23-5-3-22(4-6-23)13-10(16)7-18-8-19-13/h7-9H,3-6H2,1-2H3,(H,20,21,24). The normalized spacial score (nSPS) is 15.2. The number of halogens is 2. The molecule has 9 heteroatoms. The Balaban J connectivity index is 1.78. The Hall–Kier alpha value is -2.58. The molecule has 1 N–H and O–H groups in total. The van der Waals surface area contributed by atoms with Crippen LogP contribution in [-0.4, -0.2) is 46.1 Å². The van der Waals surface area contributed by atoms with Crippen molar-refractivity contribution in [2.24, 2.45) is 0 Å². The van der Waals surface area contributed by atoms with Gasteiger partial charge in [0.1, 0.15) is 6.33 Å². The van der Waals surface area contributed by atoms with E-state index in [9.17, 15) is 13.6 Å². The fourth-order valence-electron chi connectivity index (χ4n) is 2.67. The zero-order chi connectivity index (χ0) is 17.3. The van der Waals surface area contributed by atoms with E-state index in [0.717, 1.165) is 6.20 Å². The summed E-state index contributed by atoms with van der Waals surface area (Å²) < 4.78 is 27.6. The summed E-state index contributed by atoms with van der Waals surface area (Å²) >= 11 is 0. The molecule has 0 spiro atoms. The van der Waals surface area contributed by atoms with Crippen LogP contribution < -0.4 is 15.4 Å². The van der Waals surface area contributed by atoms with Crippen molar-refractivity contribution in [1.29, 1.82) is 0 Å². The molecule has 1 aliphatic rings. The Kier molecular flexibility index (Phi) is 4.41. The van der Waals surface area contributed by atoms with Crippen LogP contribution in [-0.2, 0) is 0 Å². The lowest BCUT2D eigenvalue weighted by Gasteiger charge is -2.35. The van der Waals surface area contributed by atoms with Gasteiger partial charge in [0.15, 0.2) is 11.6 Å². The molecule has 2 aromatic rings. The number of hydrogen-bond donors (Lipinski definition) is 1. The summed E-state index contributed by atoms with van der Waals surface area (Å²) in [6.45, 7) is 5.60. The molecule has 0 aromatic carbocycles. The van der Waals surface area contributed by atoms with Gasteiger partial charge in [0.2, 0.25) is 11.8 Å². The maximum Gasteiger partial charge on any atom is 0.288 e. The lowest BCUT2D eigenvalue weighted by Crippen LogP contribution is -2.48. The summed E-state index contributed by atoms with van der Waals surface area (Å²) in [4.78, 5) is 29.7. The molecule has 3 rings (SSSR count). The average Bonchev–Trinajstić information content (AvgIpc) is 2.57. The smallest absolute Gasteiger partial charge is 0.288 e. The van der Waals surface area contributed by atoms with Gasteiger partial charge in [0.05, 0.1) is 11.9 Å². The lowest BCUT2D eigenvalue weighted by molar-refractivity contribution is 0.553. The summed E-state index contributed by atoms with van der Waals surface area (Å²) in [5, 5.41) is 0. The average molecular weight is 336 g/mol. The van der Waals surface area contributed by atoms with Crippen LogP contribution in [0.4, 0.5) is 20.5 Å². The minimum Gasteiger partial charge on any atom is -0.351 e. The van der Waals surface area contributed by atoms with Gasteiger partial charge in [0, 0.05) is 26.2 Å². The van der Waals surface area contributed by atoms with Crippen LogP contribution in [0.2, 0.25) is 0 Å². The van der Waals surface area contributed by atoms with E-state index >= 15 is 0 Å². The van der Waals surface area contributed by atoms with Crippen molar-refractivity contribution in [3.63, 3.8) is 0 Å². The number of nitrogens with zero attached hydrogens (tertiary/aromatic N) is 5. The van der Waals surface area contributed by atoms with E-state index < -0.39 is 17.2 Å². The molecule has 0 atom stereocenters. The highest BCUT2D eigenvalue weighted by Crippen LogP contribution is 2.20. The van der Waals surface area contributed by atoms with Crippen LogP contribution in [0.3, 0.4) is 0 Å². The molecule has 7 nitrogen and oxygen atoms in total. The van der Waals surface area contributed by atoms with Crippen molar-refractivity contribution in [2.75, 3.05) is 36.0 Å². The van der Waals surface area contributed by atoms with Crippen LogP contribution in [0.1, 0.15) is 25.5 Å². The summed E-state index contributed by atoms with van der Waals surface area (Å²) in [7, 11) is 0. The fraction of sp³-hybridized carbons (Fsp3) is 0.467. The topological polar surface area (TPSA) is 78.0 Å². The molecular weight excluding hydrogens is 318 g/mol. The molecule has 2 aromatic heterocycles. The monoisotopic (exact) mass is 336 g/mol. The van der Waals surface area contributed by atoms with Gasteiger partial charge < -0.3 is 9.80 Å². The first-order valence-electron chi connectivity index (χ1n) is 7.72. The van der Waals surface area contributed by atoms with E-state index in [1.807, 2.05) is 4.90 Å². The zero-order valence-corrected chi connectivity index (χ0v) is 13.5. The van der Waals surface area contributed by atoms with Crippen LogP contribution in [0.5, 0.6) is 0 Å².